The number of halogens is 2. The third-order valence-electron chi connectivity index (χ3n) is 3.94. The minimum absolute atomic E-state index is 0.0445. The Morgan fingerprint density at radius 2 is 1.89 bits per heavy atom. The van der Waals surface area contributed by atoms with Gasteiger partial charge in [-0.3, -0.25) is 4.99 Å². The minimum Gasteiger partial charge on any atom is -0.454 e. The van der Waals surface area contributed by atoms with Crippen LogP contribution in [-0.4, -0.2) is 26.4 Å². The summed E-state index contributed by atoms with van der Waals surface area (Å²) in [5, 5.41) is 6.31. The van der Waals surface area contributed by atoms with Gasteiger partial charge in [0.15, 0.2) is 17.5 Å². The molecular formula is C18H21F2N3O3S. The zero-order chi connectivity index (χ0) is 19.2. The molecule has 0 radical (unpaired) electrons. The molecule has 1 aromatic heterocycles. The summed E-state index contributed by atoms with van der Waals surface area (Å²) in [5.41, 5.74) is 0.520. The van der Waals surface area contributed by atoms with E-state index in [0.717, 1.165) is 6.42 Å². The summed E-state index contributed by atoms with van der Waals surface area (Å²) in [7, 11) is 1.65. The maximum atomic E-state index is 12.7. The second-order valence-electron chi connectivity index (χ2n) is 5.69. The predicted octanol–water partition coefficient (Wildman–Crippen LogP) is 3.51. The fraction of sp³-hybridized carbons (Fsp3) is 0.389. The molecule has 1 aliphatic rings. The van der Waals surface area contributed by atoms with E-state index in [2.05, 4.69) is 39.4 Å². The van der Waals surface area contributed by atoms with Crippen molar-refractivity contribution in [2.45, 2.75) is 33.0 Å². The molecule has 0 saturated carbocycles. The number of hydrogen-bond acceptors (Lipinski definition) is 5. The average molecular weight is 397 g/mol. The van der Waals surface area contributed by atoms with Crippen LogP contribution in [0.2, 0.25) is 0 Å². The number of ether oxygens (including phenoxy) is 3. The minimum atomic E-state index is -2.92. The standard InChI is InChI=1S/C18H21F2N3O3S/c1-3-12-4-5-13(27-12)9-23-18(21-2)22-8-11-6-15-16(25-10-24-15)7-14(11)26-17(19)20/h4-7,17H,3,8-10H2,1-2H3,(H2,21,22,23). The van der Waals surface area contributed by atoms with E-state index in [-0.39, 0.29) is 19.1 Å². The predicted molar refractivity (Wildman–Crippen MR) is 99.9 cm³/mol. The van der Waals surface area contributed by atoms with Gasteiger partial charge in [0.2, 0.25) is 6.79 Å². The SMILES string of the molecule is CCc1ccc(CNC(=NC)NCc2cc3c(cc2OC(F)F)OCO3)s1. The van der Waals surface area contributed by atoms with Gasteiger partial charge in [0.25, 0.3) is 0 Å². The van der Waals surface area contributed by atoms with Crippen LogP contribution in [-0.2, 0) is 19.5 Å². The van der Waals surface area contributed by atoms with Gasteiger partial charge in [-0.2, -0.15) is 8.78 Å². The number of aryl methyl sites for hydroxylation is 1. The van der Waals surface area contributed by atoms with Gasteiger partial charge in [-0.25, -0.2) is 0 Å². The van der Waals surface area contributed by atoms with Crippen molar-refractivity contribution in [3.05, 3.63) is 39.6 Å². The lowest BCUT2D eigenvalue weighted by atomic mass is 10.1. The molecule has 2 N–H and O–H groups in total. The molecule has 2 heterocycles. The maximum absolute atomic E-state index is 12.7. The average Bonchev–Trinajstić information content (AvgIpc) is 3.29. The molecule has 0 spiro atoms. The lowest BCUT2D eigenvalue weighted by Crippen LogP contribution is -2.36. The van der Waals surface area contributed by atoms with Crippen molar-refractivity contribution in [3.8, 4) is 17.2 Å². The van der Waals surface area contributed by atoms with E-state index < -0.39 is 6.61 Å². The van der Waals surface area contributed by atoms with Crippen LogP contribution in [0, 0.1) is 0 Å². The van der Waals surface area contributed by atoms with E-state index in [1.807, 2.05) is 0 Å². The van der Waals surface area contributed by atoms with Crippen LogP contribution in [0.25, 0.3) is 0 Å². The summed E-state index contributed by atoms with van der Waals surface area (Å²) in [4.78, 5) is 6.68. The molecule has 27 heavy (non-hydrogen) atoms. The molecule has 1 aliphatic heterocycles. The topological polar surface area (TPSA) is 64.1 Å². The molecule has 6 nitrogen and oxygen atoms in total. The second kappa shape index (κ2) is 8.90. The third kappa shape index (κ3) is 5.00. The molecule has 0 unspecified atom stereocenters. The van der Waals surface area contributed by atoms with E-state index in [0.29, 0.717) is 29.6 Å². The van der Waals surface area contributed by atoms with Crippen LogP contribution >= 0.6 is 11.3 Å². The zero-order valence-electron chi connectivity index (χ0n) is 15.1. The van der Waals surface area contributed by atoms with Gasteiger partial charge in [-0.1, -0.05) is 6.92 Å². The van der Waals surface area contributed by atoms with Gasteiger partial charge in [0, 0.05) is 35.0 Å². The van der Waals surface area contributed by atoms with E-state index in [1.54, 1.807) is 24.5 Å². The first-order valence-corrected chi connectivity index (χ1v) is 9.30. The van der Waals surface area contributed by atoms with Crippen LogP contribution in [0.15, 0.2) is 29.3 Å². The van der Waals surface area contributed by atoms with Crippen molar-refractivity contribution in [2.24, 2.45) is 4.99 Å². The molecular weight excluding hydrogens is 376 g/mol. The molecule has 0 saturated heterocycles. The summed E-state index contributed by atoms with van der Waals surface area (Å²) in [6, 6.07) is 7.24. The Hall–Kier alpha value is -2.55. The smallest absolute Gasteiger partial charge is 0.387 e. The first kappa shape index (κ1) is 19.2. The Morgan fingerprint density at radius 1 is 1.19 bits per heavy atom. The number of hydrogen-bond donors (Lipinski definition) is 2. The Morgan fingerprint density at radius 3 is 2.56 bits per heavy atom. The number of nitrogens with zero attached hydrogens (tertiary/aromatic N) is 1. The van der Waals surface area contributed by atoms with Crippen LogP contribution in [0.3, 0.4) is 0 Å². The lowest BCUT2D eigenvalue weighted by molar-refractivity contribution is -0.0505. The summed E-state index contributed by atoms with van der Waals surface area (Å²) in [6.07, 6.45) is 1.01. The molecule has 146 valence electrons. The number of nitrogens with one attached hydrogen (secondary N) is 2. The largest absolute Gasteiger partial charge is 0.454 e. The number of thiophene rings is 1. The highest BCUT2D eigenvalue weighted by atomic mass is 32.1. The molecule has 0 aliphatic carbocycles. The molecule has 0 bridgehead atoms. The van der Waals surface area contributed by atoms with Crippen molar-refractivity contribution >= 4 is 17.3 Å². The molecule has 0 fully saturated rings. The van der Waals surface area contributed by atoms with Crippen molar-refractivity contribution < 1.29 is 23.0 Å². The number of rotatable bonds is 7. The highest BCUT2D eigenvalue weighted by Crippen LogP contribution is 2.38. The number of benzene rings is 1. The number of fused-ring (bicyclic) bond motifs is 1. The normalized spacial score (nSPS) is 13.1. The van der Waals surface area contributed by atoms with Gasteiger partial charge in [-0.15, -0.1) is 11.3 Å². The summed E-state index contributed by atoms with van der Waals surface area (Å²) in [5.74, 6) is 1.49. The third-order valence-corrected chi connectivity index (χ3v) is 5.17. The second-order valence-corrected chi connectivity index (χ2v) is 6.95. The van der Waals surface area contributed by atoms with E-state index >= 15 is 0 Å². The fourth-order valence-electron chi connectivity index (χ4n) is 2.59. The van der Waals surface area contributed by atoms with Crippen molar-refractivity contribution in [3.63, 3.8) is 0 Å². The van der Waals surface area contributed by atoms with Gasteiger partial charge < -0.3 is 24.8 Å². The van der Waals surface area contributed by atoms with E-state index in [9.17, 15) is 8.78 Å². The highest BCUT2D eigenvalue weighted by Gasteiger charge is 2.20. The molecule has 9 heteroatoms. The van der Waals surface area contributed by atoms with Crippen molar-refractivity contribution in [1.82, 2.24) is 10.6 Å². The van der Waals surface area contributed by atoms with Gasteiger partial charge in [0.1, 0.15) is 5.75 Å². The first-order valence-electron chi connectivity index (χ1n) is 8.48. The number of alkyl halides is 2. The van der Waals surface area contributed by atoms with Crippen LogP contribution in [0.5, 0.6) is 17.2 Å². The Kier molecular flexibility index (Phi) is 6.33. The fourth-order valence-corrected chi connectivity index (χ4v) is 3.48. The molecule has 2 aromatic rings. The Balaban J connectivity index is 1.63. The number of aliphatic imine (C=N–C) groups is 1. The lowest BCUT2D eigenvalue weighted by Gasteiger charge is -2.15. The maximum Gasteiger partial charge on any atom is 0.387 e. The van der Waals surface area contributed by atoms with E-state index in [1.165, 1.54) is 15.8 Å². The van der Waals surface area contributed by atoms with Gasteiger partial charge in [0.05, 0.1) is 6.54 Å². The highest BCUT2D eigenvalue weighted by molar-refractivity contribution is 7.11. The van der Waals surface area contributed by atoms with Crippen molar-refractivity contribution in [2.75, 3.05) is 13.8 Å². The van der Waals surface area contributed by atoms with E-state index in [4.69, 9.17) is 9.47 Å². The molecule has 0 atom stereocenters. The van der Waals surface area contributed by atoms with Crippen LogP contribution in [0.1, 0.15) is 22.2 Å². The van der Waals surface area contributed by atoms with Gasteiger partial charge >= 0.3 is 6.61 Å². The summed E-state index contributed by atoms with van der Waals surface area (Å²) in [6.45, 7) is 0.126. The van der Waals surface area contributed by atoms with Gasteiger partial charge in [-0.05, 0) is 24.6 Å². The van der Waals surface area contributed by atoms with Crippen LogP contribution < -0.4 is 24.8 Å². The summed E-state index contributed by atoms with van der Waals surface area (Å²) < 4.78 is 40.6. The van der Waals surface area contributed by atoms with Crippen LogP contribution in [0.4, 0.5) is 8.78 Å². The first-order chi connectivity index (χ1) is 13.1. The Labute approximate surface area is 160 Å². The summed E-state index contributed by atoms with van der Waals surface area (Å²) >= 11 is 1.74. The zero-order valence-corrected chi connectivity index (χ0v) is 15.9. The molecule has 3 rings (SSSR count). The molecule has 0 amide bonds. The number of guanidine groups is 1. The molecule has 1 aromatic carbocycles. The quantitative estimate of drug-likeness (QED) is 0.553. The monoisotopic (exact) mass is 397 g/mol. The van der Waals surface area contributed by atoms with Crippen molar-refractivity contribution in [1.29, 1.82) is 0 Å². The Bertz CT molecular complexity index is 811.